The topological polar surface area (TPSA) is 45.1 Å². The Morgan fingerprint density at radius 1 is 0.568 bits per heavy atom. The van der Waals surface area contributed by atoms with E-state index in [1.54, 1.807) is 0 Å². The van der Waals surface area contributed by atoms with Gasteiger partial charge in [-0.15, -0.1) is 0 Å². The molecule has 0 amide bonds. The molecule has 0 bridgehead atoms. The molecular weight excluding hydrogens is 536 g/mol. The van der Waals surface area contributed by atoms with E-state index < -0.39 is 5.41 Å². The molecular formula is C41H30N2O. The third kappa shape index (κ3) is 4.09. The molecule has 0 saturated carbocycles. The van der Waals surface area contributed by atoms with Gasteiger partial charge in [-0.2, -0.15) is 0 Å². The molecule has 0 atom stereocenters. The van der Waals surface area contributed by atoms with Crippen LogP contribution in [0.5, 0.6) is 11.5 Å². The highest BCUT2D eigenvalue weighted by Gasteiger charge is 2.50. The smallest absolute Gasteiger partial charge is 0.132 e. The maximum absolute atomic E-state index is 9.27. The van der Waals surface area contributed by atoms with Crippen LogP contribution in [0.25, 0.3) is 16.8 Å². The van der Waals surface area contributed by atoms with Crippen LogP contribution in [-0.4, -0.2) is 5.71 Å². The zero-order valence-corrected chi connectivity index (χ0v) is 24.1. The van der Waals surface area contributed by atoms with E-state index in [1.807, 2.05) is 42.5 Å². The summed E-state index contributed by atoms with van der Waals surface area (Å²) in [6.45, 7) is 0.676. The van der Waals surface area contributed by atoms with Crippen molar-refractivity contribution in [2.45, 2.75) is 12.0 Å². The summed E-state index contributed by atoms with van der Waals surface area (Å²) >= 11 is 0. The number of benzene rings is 6. The lowest BCUT2D eigenvalue weighted by atomic mass is 9.66. The Labute approximate surface area is 257 Å². The molecule has 0 fully saturated rings. The molecule has 3 nitrogen and oxygen atoms in total. The second-order valence-corrected chi connectivity index (χ2v) is 11.3. The Hall–Kier alpha value is -5.67. The third-order valence-electron chi connectivity index (χ3n) is 8.86. The van der Waals surface area contributed by atoms with E-state index in [4.69, 9.17) is 4.74 Å². The molecule has 1 aliphatic carbocycles. The Morgan fingerprint density at radius 3 is 1.84 bits per heavy atom. The number of para-hydroxylation sites is 2. The zero-order valence-electron chi connectivity index (χ0n) is 24.1. The number of rotatable bonds is 6. The monoisotopic (exact) mass is 566 g/mol. The minimum absolute atomic E-state index is 0.457. The van der Waals surface area contributed by atoms with Crippen LogP contribution in [0.1, 0.15) is 38.9 Å². The molecule has 1 heterocycles. The molecule has 3 heteroatoms. The molecule has 44 heavy (non-hydrogen) atoms. The van der Waals surface area contributed by atoms with Gasteiger partial charge in [0.25, 0.3) is 0 Å². The standard InChI is InChI=1S/C41H30N2O/c42-37(26-38(29-15-5-2-6-16-29)43-27-28-13-3-1-4-14-28)30-23-24-34-32(25-30)31-17-7-8-18-33(31)41(34)35-19-9-11-21-39(35)44-40-22-12-10-20-36(40)41/h1-26,42-43H,27H2/b38-26-,42-37?. The largest absolute Gasteiger partial charge is 0.457 e. The SMILES string of the molecule is N=C(/C=C(\NCc1ccccc1)c1ccccc1)c1ccc2c(c1)-c1ccccc1C21c2ccccc2Oc2ccccc21. The highest BCUT2D eigenvalue weighted by atomic mass is 16.5. The number of nitrogens with one attached hydrogen (secondary N) is 2. The Morgan fingerprint density at radius 2 is 1.14 bits per heavy atom. The quantitative estimate of drug-likeness (QED) is 0.197. The molecule has 2 aliphatic rings. The lowest BCUT2D eigenvalue weighted by Gasteiger charge is -2.39. The van der Waals surface area contributed by atoms with Crippen molar-refractivity contribution < 1.29 is 4.74 Å². The molecule has 0 radical (unpaired) electrons. The highest BCUT2D eigenvalue weighted by Crippen LogP contribution is 2.61. The summed E-state index contributed by atoms with van der Waals surface area (Å²) in [4.78, 5) is 0. The molecule has 210 valence electrons. The second kappa shape index (κ2) is 10.6. The normalized spacial score (nSPS) is 13.7. The van der Waals surface area contributed by atoms with Crippen LogP contribution in [0.15, 0.2) is 158 Å². The van der Waals surface area contributed by atoms with Gasteiger partial charge < -0.3 is 15.5 Å². The molecule has 6 aromatic carbocycles. The summed E-state index contributed by atoms with van der Waals surface area (Å²) in [5, 5.41) is 12.9. The van der Waals surface area contributed by atoms with Gasteiger partial charge in [0.15, 0.2) is 0 Å². The Kier molecular flexibility index (Phi) is 6.23. The predicted octanol–water partition coefficient (Wildman–Crippen LogP) is 9.35. The fraction of sp³-hybridized carbons (Fsp3) is 0.0488. The first-order valence-electron chi connectivity index (χ1n) is 15.0. The van der Waals surface area contributed by atoms with E-state index in [-0.39, 0.29) is 0 Å². The van der Waals surface area contributed by atoms with Crippen molar-refractivity contribution in [2.75, 3.05) is 0 Å². The average molecular weight is 567 g/mol. The van der Waals surface area contributed by atoms with Crippen molar-refractivity contribution >= 4 is 11.4 Å². The van der Waals surface area contributed by atoms with Crippen LogP contribution in [0.2, 0.25) is 0 Å². The Bertz CT molecular complexity index is 2010. The molecule has 0 aromatic heterocycles. The van der Waals surface area contributed by atoms with E-state index in [2.05, 4.69) is 121 Å². The summed E-state index contributed by atoms with van der Waals surface area (Å²) in [5.41, 5.74) is 11.1. The summed E-state index contributed by atoms with van der Waals surface area (Å²) in [7, 11) is 0. The zero-order chi connectivity index (χ0) is 29.5. The predicted molar refractivity (Wildman–Crippen MR) is 178 cm³/mol. The number of allylic oxidation sites excluding steroid dienone is 1. The van der Waals surface area contributed by atoms with Crippen molar-refractivity contribution in [1.29, 1.82) is 5.41 Å². The van der Waals surface area contributed by atoms with Crippen molar-refractivity contribution in [3.05, 3.63) is 197 Å². The van der Waals surface area contributed by atoms with Gasteiger partial charge in [0, 0.05) is 28.9 Å². The molecule has 6 aromatic rings. The lowest BCUT2D eigenvalue weighted by Crippen LogP contribution is -2.32. The van der Waals surface area contributed by atoms with Crippen LogP contribution in [0.4, 0.5) is 0 Å². The first-order chi connectivity index (χ1) is 21.7. The van der Waals surface area contributed by atoms with Crippen molar-refractivity contribution in [3.63, 3.8) is 0 Å². The van der Waals surface area contributed by atoms with Gasteiger partial charge in [-0.1, -0.05) is 133 Å². The van der Waals surface area contributed by atoms with E-state index in [0.717, 1.165) is 45.0 Å². The van der Waals surface area contributed by atoms with Gasteiger partial charge >= 0.3 is 0 Å². The van der Waals surface area contributed by atoms with Gasteiger partial charge in [0.2, 0.25) is 0 Å². The lowest BCUT2D eigenvalue weighted by molar-refractivity contribution is 0.436. The fourth-order valence-electron chi connectivity index (χ4n) is 6.90. The van der Waals surface area contributed by atoms with Crippen LogP contribution < -0.4 is 10.1 Å². The molecule has 0 unspecified atom stereocenters. The van der Waals surface area contributed by atoms with Crippen LogP contribution >= 0.6 is 0 Å². The first-order valence-corrected chi connectivity index (χ1v) is 15.0. The number of fused-ring (bicyclic) bond motifs is 9. The third-order valence-corrected chi connectivity index (χ3v) is 8.86. The average Bonchev–Trinajstić information content (AvgIpc) is 3.38. The summed E-state index contributed by atoms with van der Waals surface area (Å²) < 4.78 is 6.45. The van der Waals surface area contributed by atoms with E-state index >= 15 is 0 Å². The van der Waals surface area contributed by atoms with Crippen LogP contribution in [0, 0.1) is 5.41 Å². The Balaban J connectivity index is 1.26. The van der Waals surface area contributed by atoms with E-state index in [9.17, 15) is 5.41 Å². The van der Waals surface area contributed by atoms with Crippen molar-refractivity contribution in [1.82, 2.24) is 5.32 Å². The van der Waals surface area contributed by atoms with Gasteiger partial charge in [-0.3, -0.25) is 0 Å². The molecule has 0 saturated heterocycles. The van der Waals surface area contributed by atoms with Gasteiger partial charge in [-0.25, -0.2) is 0 Å². The summed E-state index contributed by atoms with van der Waals surface area (Å²) in [6.07, 6.45) is 1.95. The van der Waals surface area contributed by atoms with Gasteiger partial charge in [-0.05, 0) is 57.7 Å². The molecule has 1 aliphatic heterocycles. The minimum atomic E-state index is -0.500. The van der Waals surface area contributed by atoms with Gasteiger partial charge in [0.1, 0.15) is 11.5 Å². The highest BCUT2D eigenvalue weighted by molar-refractivity contribution is 6.11. The molecule has 8 rings (SSSR count). The fourth-order valence-corrected chi connectivity index (χ4v) is 6.90. The summed E-state index contributed by atoms with van der Waals surface area (Å²) in [5.74, 6) is 1.76. The maximum atomic E-state index is 9.27. The number of hydrogen-bond acceptors (Lipinski definition) is 3. The van der Waals surface area contributed by atoms with Crippen LogP contribution in [-0.2, 0) is 12.0 Å². The summed E-state index contributed by atoms with van der Waals surface area (Å²) in [6, 6.07) is 52.6. The van der Waals surface area contributed by atoms with Crippen molar-refractivity contribution in [3.8, 4) is 22.6 Å². The molecule has 1 spiro atoms. The van der Waals surface area contributed by atoms with Gasteiger partial charge in [0.05, 0.1) is 11.1 Å². The van der Waals surface area contributed by atoms with E-state index in [0.29, 0.717) is 12.3 Å². The van der Waals surface area contributed by atoms with E-state index in [1.165, 1.54) is 22.3 Å². The number of hydrogen-bond donors (Lipinski definition) is 2. The van der Waals surface area contributed by atoms with Crippen molar-refractivity contribution in [2.24, 2.45) is 0 Å². The minimum Gasteiger partial charge on any atom is -0.457 e. The first kappa shape index (κ1) is 26.0. The van der Waals surface area contributed by atoms with Crippen LogP contribution in [0.3, 0.4) is 0 Å². The molecule has 2 N–H and O–H groups in total. The number of ether oxygens (including phenoxy) is 1. The second-order valence-electron chi connectivity index (χ2n) is 11.3. The maximum Gasteiger partial charge on any atom is 0.132 e.